The van der Waals surface area contributed by atoms with E-state index in [1.54, 1.807) is 16.9 Å². The van der Waals surface area contributed by atoms with E-state index < -0.39 is 0 Å². The summed E-state index contributed by atoms with van der Waals surface area (Å²) in [4.78, 5) is 12.3. The lowest BCUT2D eigenvalue weighted by atomic mass is 10.1. The van der Waals surface area contributed by atoms with Crippen LogP contribution in [-0.4, -0.2) is 22.3 Å². The summed E-state index contributed by atoms with van der Waals surface area (Å²) in [6.07, 6.45) is 1.78. The molecule has 5 heteroatoms. The average molecular weight is 335 g/mol. The second-order valence-corrected chi connectivity index (χ2v) is 5.62. The molecule has 1 aromatic heterocycles. The molecule has 128 valence electrons. The van der Waals surface area contributed by atoms with E-state index >= 15 is 0 Å². The first-order valence-corrected chi connectivity index (χ1v) is 8.31. The minimum absolute atomic E-state index is 0.187. The molecule has 5 nitrogen and oxygen atoms in total. The van der Waals surface area contributed by atoms with Crippen molar-refractivity contribution in [1.29, 1.82) is 0 Å². The van der Waals surface area contributed by atoms with Crippen molar-refractivity contribution < 1.29 is 9.53 Å². The van der Waals surface area contributed by atoms with E-state index in [4.69, 9.17) is 4.74 Å². The first-order valence-electron chi connectivity index (χ1n) is 8.31. The van der Waals surface area contributed by atoms with Crippen LogP contribution in [0.5, 0.6) is 0 Å². The molecule has 0 aliphatic heterocycles. The fourth-order valence-electron chi connectivity index (χ4n) is 2.42. The number of aromatic nitrogens is 2. The molecule has 3 rings (SSSR count). The lowest BCUT2D eigenvalue weighted by Gasteiger charge is -2.06. The lowest BCUT2D eigenvalue weighted by molar-refractivity contribution is 0.0945. The molecule has 0 spiro atoms. The van der Waals surface area contributed by atoms with Crippen molar-refractivity contribution in [3.63, 3.8) is 0 Å². The van der Waals surface area contributed by atoms with Gasteiger partial charge in [0.25, 0.3) is 5.91 Å². The van der Waals surface area contributed by atoms with Crippen molar-refractivity contribution in [2.24, 2.45) is 0 Å². The molecule has 25 heavy (non-hydrogen) atoms. The molecule has 1 N–H and O–H groups in total. The standard InChI is InChI=1S/C20H21N3O2/c1-2-25-15-17-10-8-16(9-11-17)14-21-20(24)19-12-13-23(22-19)18-6-4-3-5-7-18/h3-13H,2,14-15H2,1H3,(H,21,24). The van der Waals surface area contributed by atoms with Crippen molar-refractivity contribution in [3.05, 3.63) is 83.7 Å². The molecule has 0 atom stereocenters. The topological polar surface area (TPSA) is 56.1 Å². The molecule has 0 fully saturated rings. The van der Waals surface area contributed by atoms with Crippen LogP contribution in [0.4, 0.5) is 0 Å². The maximum atomic E-state index is 12.3. The molecular formula is C20H21N3O2. The maximum absolute atomic E-state index is 12.3. The minimum atomic E-state index is -0.187. The summed E-state index contributed by atoms with van der Waals surface area (Å²) in [5, 5.41) is 7.23. The number of carbonyl (C=O) groups excluding carboxylic acids is 1. The first kappa shape index (κ1) is 16.9. The average Bonchev–Trinajstić information content (AvgIpc) is 3.16. The van der Waals surface area contributed by atoms with Crippen LogP contribution in [0.2, 0.25) is 0 Å². The Morgan fingerprint density at radius 2 is 1.76 bits per heavy atom. The van der Waals surface area contributed by atoms with Crippen LogP contribution >= 0.6 is 0 Å². The summed E-state index contributed by atoms with van der Waals surface area (Å²) in [5.41, 5.74) is 3.48. The molecule has 0 saturated carbocycles. The predicted molar refractivity (Wildman–Crippen MR) is 96.5 cm³/mol. The Hall–Kier alpha value is -2.92. The normalized spacial score (nSPS) is 10.6. The van der Waals surface area contributed by atoms with E-state index in [-0.39, 0.29) is 5.91 Å². The third-order valence-electron chi connectivity index (χ3n) is 3.79. The Balaban J connectivity index is 1.57. The Morgan fingerprint density at radius 1 is 1.04 bits per heavy atom. The quantitative estimate of drug-likeness (QED) is 0.720. The number of amides is 1. The largest absolute Gasteiger partial charge is 0.377 e. The van der Waals surface area contributed by atoms with E-state index in [2.05, 4.69) is 10.4 Å². The number of carbonyl (C=O) groups is 1. The lowest BCUT2D eigenvalue weighted by Crippen LogP contribution is -2.23. The van der Waals surface area contributed by atoms with Crippen LogP contribution in [0, 0.1) is 0 Å². The number of ether oxygens (including phenoxy) is 1. The molecule has 0 aliphatic rings. The van der Waals surface area contributed by atoms with Gasteiger partial charge in [0.15, 0.2) is 5.69 Å². The van der Waals surface area contributed by atoms with Gasteiger partial charge in [-0.2, -0.15) is 5.10 Å². The smallest absolute Gasteiger partial charge is 0.272 e. The van der Waals surface area contributed by atoms with Crippen molar-refractivity contribution >= 4 is 5.91 Å². The summed E-state index contributed by atoms with van der Waals surface area (Å²) in [5.74, 6) is -0.187. The molecule has 0 unspecified atom stereocenters. The number of nitrogens with zero attached hydrogens (tertiary/aromatic N) is 2. The second kappa shape index (κ2) is 8.26. The Morgan fingerprint density at radius 3 is 2.48 bits per heavy atom. The highest BCUT2D eigenvalue weighted by molar-refractivity contribution is 5.92. The van der Waals surface area contributed by atoms with E-state index in [0.717, 1.165) is 16.8 Å². The van der Waals surface area contributed by atoms with E-state index in [1.165, 1.54) is 0 Å². The minimum Gasteiger partial charge on any atom is -0.377 e. The van der Waals surface area contributed by atoms with Gasteiger partial charge in [-0.25, -0.2) is 4.68 Å². The van der Waals surface area contributed by atoms with Gasteiger partial charge in [-0.15, -0.1) is 0 Å². The summed E-state index contributed by atoms with van der Waals surface area (Å²) in [6, 6.07) is 19.4. The van der Waals surface area contributed by atoms with Gasteiger partial charge in [0.2, 0.25) is 0 Å². The van der Waals surface area contributed by atoms with Crippen LogP contribution < -0.4 is 5.32 Å². The molecule has 0 saturated heterocycles. The van der Waals surface area contributed by atoms with Gasteiger partial charge >= 0.3 is 0 Å². The molecule has 1 heterocycles. The highest BCUT2D eigenvalue weighted by atomic mass is 16.5. The Labute approximate surface area is 147 Å². The molecule has 3 aromatic rings. The first-order chi connectivity index (χ1) is 12.3. The summed E-state index contributed by atoms with van der Waals surface area (Å²) < 4.78 is 7.07. The molecule has 1 amide bonds. The highest BCUT2D eigenvalue weighted by Gasteiger charge is 2.09. The van der Waals surface area contributed by atoms with Crippen LogP contribution in [0.1, 0.15) is 28.5 Å². The third-order valence-corrected chi connectivity index (χ3v) is 3.79. The van der Waals surface area contributed by atoms with Gasteiger partial charge in [-0.05, 0) is 36.2 Å². The van der Waals surface area contributed by atoms with E-state index in [9.17, 15) is 4.79 Å². The fraction of sp³-hybridized carbons (Fsp3) is 0.200. The summed E-state index contributed by atoms with van der Waals surface area (Å²) in [6.45, 7) is 3.75. The van der Waals surface area contributed by atoms with Crippen molar-refractivity contribution in [2.75, 3.05) is 6.61 Å². The van der Waals surface area contributed by atoms with Crippen molar-refractivity contribution in [3.8, 4) is 5.69 Å². The number of para-hydroxylation sites is 1. The monoisotopic (exact) mass is 335 g/mol. The van der Waals surface area contributed by atoms with Gasteiger partial charge in [-0.3, -0.25) is 4.79 Å². The van der Waals surface area contributed by atoms with Gasteiger partial charge < -0.3 is 10.1 Å². The number of benzene rings is 2. The van der Waals surface area contributed by atoms with Crippen LogP contribution in [0.25, 0.3) is 5.69 Å². The fourth-order valence-corrected chi connectivity index (χ4v) is 2.42. The molecule has 0 aliphatic carbocycles. The SMILES string of the molecule is CCOCc1ccc(CNC(=O)c2ccn(-c3ccccc3)n2)cc1. The van der Waals surface area contributed by atoms with Gasteiger partial charge in [0.1, 0.15) is 0 Å². The zero-order chi connectivity index (χ0) is 17.5. The van der Waals surface area contributed by atoms with E-state index in [0.29, 0.717) is 25.5 Å². The Bertz CT molecular complexity index is 810. The van der Waals surface area contributed by atoms with Crippen LogP contribution in [0.3, 0.4) is 0 Å². The third kappa shape index (κ3) is 4.55. The maximum Gasteiger partial charge on any atom is 0.272 e. The highest BCUT2D eigenvalue weighted by Crippen LogP contribution is 2.08. The predicted octanol–water partition coefficient (Wildman–Crippen LogP) is 3.34. The molecular weight excluding hydrogens is 314 g/mol. The summed E-state index contributed by atoms with van der Waals surface area (Å²) in [7, 11) is 0. The number of nitrogens with one attached hydrogen (secondary N) is 1. The van der Waals surface area contributed by atoms with Crippen molar-refractivity contribution in [1.82, 2.24) is 15.1 Å². The zero-order valence-electron chi connectivity index (χ0n) is 14.2. The number of hydrogen-bond donors (Lipinski definition) is 1. The number of hydrogen-bond acceptors (Lipinski definition) is 3. The van der Waals surface area contributed by atoms with Crippen LogP contribution in [0.15, 0.2) is 66.9 Å². The second-order valence-electron chi connectivity index (χ2n) is 5.62. The van der Waals surface area contributed by atoms with Gasteiger partial charge in [0.05, 0.1) is 12.3 Å². The van der Waals surface area contributed by atoms with Gasteiger partial charge in [-0.1, -0.05) is 42.5 Å². The number of rotatable bonds is 7. The van der Waals surface area contributed by atoms with E-state index in [1.807, 2.05) is 61.5 Å². The van der Waals surface area contributed by atoms with Crippen LogP contribution in [-0.2, 0) is 17.9 Å². The van der Waals surface area contributed by atoms with Crippen molar-refractivity contribution in [2.45, 2.75) is 20.1 Å². The zero-order valence-corrected chi connectivity index (χ0v) is 14.2. The summed E-state index contributed by atoms with van der Waals surface area (Å²) >= 11 is 0. The van der Waals surface area contributed by atoms with Gasteiger partial charge in [0, 0.05) is 19.3 Å². The molecule has 2 aromatic carbocycles. The molecule has 0 radical (unpaired) electrons. The Kier molecular flexibility index (Phi) is 5.59. The molecule has 0 bridgehead atoms.